The van der Waals surface area contributed by atoms with Crippen LogP contribution >= 0.6 is 0 Å². The van der Waals surface area contributed by atoms with Gasteiger partial charge in [-0.15, -0.1) is 0 Å². The second-order valence-electron chi connectivity index (χ2n) is 5.69. The van der Waals surface area contributed by atoms with Crippen LogP contribution in [-0.4, -0.2) is 27.0 Å². The lowest BCUT2D eigenvalue weighted by Gasteiger charge is -2.23. The first-order valence-electron chi connectivity index (χ1n) is 7.36. The number of nitrogens with zero attached hydrogens (tertiary/aromatic N) is 3. The van der Waals surface area contributed by atoms with Crippen LogP contribution in [0.2, 0.25) is 0 Å². The Hall–Kier alpha value is -2.17. The van der Waals surface area contributed by atoms with Crippen LogP contribution in [0.25, 0.3) is 0 Å². The molecule has 1 aliphatic heterocycles. The van der Waals surface area contributed by atoms with Gasteiger partial charge in [0.05, 0.1) is 11.3 Å². The predicted molar refractivity (Wildman–Crippen MR) is 80.1 cm³/mol. The maximum Gasteiger partial charge on any atom is 0.253 e. The smallest absolute Gasteiger partial charge is 0.253 e. The van der Waals surface area contributed by atoms with Gasteiger partial charge in [-0.3, -0.25) is 9.78 Å². The highest BCUT2D eigenvalue weighted by Gasteiger charge is 2.20. The van der Waals surface area contributed by atoms with E-state index >= 15 is 0 Å². The summed E-state index contributed by atoms with van der Waals surface area (Å²) in [5.41, 5.74) is 2.38. The van der Waals surface area contributed by atoms with Crippen molar-refractivity contribution in [2.24, 2.45) is 5.92 Å². The molecule has 3 heterocycles. The quantitative estimate of drug-likeness (QED) is 0.936. The Balaban J connectivity index is 1.59. The Labute approximate surface area is 124 Å². The number of imidazole rings is 1. The van der Waals surface area contributed by atoms with E-state index in [4.69, 9.17) is 0 Å². The number of carbonyl (C=O) groups is 1. The fraction of sp³-hybridized carbons (Fsp3) is 0.438. The molecule has 1 N–H and O–H groups in total. The molecule has 110 valence electrons. The number of amides is 1. The molecule has 21 heavy (non-hydrogen) atoms. The Bertz CT molecular complexity index is 662. The van der Waals surface area contributed by atoms with Crippen LogP contribution in [0.5, 0.6) is 0 Å². The van der Waals surface area contributed by atoms with Crippen molar-refractivity contribution in [3.8, 4) is 0 Å². The number of nitrogens with one attached hydrogen (secondary N) is 1. The first-order valence-corrected chi connectivity index (χ1v) is 7.36. The van der Waals surface area contributed by atoms with Crippen LogP contribution < -0.4 is 5.32 Å². The molecule has 2 aromatic heterocycles. The zero-order valence-corrected chi connectivity index (χ0v) is 12.5. The molecule has 0 spiro atoms. The van der Waals surface area contributed by atoms with E-state index < -0.39 is 0 Å². The molecule has 5 heteroatoms. The molecule has 0 bridgehead atoms. The van der Waals surface area contributed by atoms with Gasteiger partial charge in [0.15, 0.2) is 0 Å². The summed E-state index contributed by atoms with van der Waals surface area (Å²) < 4.78 is 2.19. The lowest BCUT2D eigenvalue weighted by Crippen LogP contribution is -2.33. The highest BCUT2D eigenvalue weighted by Crippen LogP contribution is 2.18. The molecule has 1 aliphatic rings. The number of hydrogen-bond donors (Lipinski definition) is 1. The van der Waals surface area contributed by atoms with Gasteiger partial charge >= 0.3 is 0 Å². The van der Waals surface area contributed by atoms with Gasteiger partial charge in [0, 0.05) is 37.6 Å². The summed E-state index contributed by atoms with van der Waals surface area (Å²) in [6.45, 7) is 5.48. The zero-order chi connectivity index (χ0) is 14.8. The Morgan fingerprint density at radius 1 is 1.43 bits per heavy atom. The van der Waals surface area contributed by atoms with Crippen molar-refractivity contribution in [2.45, 2.75) is 33.2 Å². The van der Waals surface area contributed by atoms with Crippen LogP contribution in [0.4, 0.5) is 0 Å². The second-order valence-corrected chi connectivity index (χ2v) is 5.69. The first-order chi connectivity index (χ1) is 10.1. The molecule has 0 aromatic carbocycles. The third-order valence-electron chi connectivity index (χ3n) is 4.07. The van der Waals surface area contributed by atoms with E-state index in [2.05, 4.69) is 19.9 Å². The molecule has 0 aliphatic carbocycles. The fourth-order valence-electron chi connectivity index (χ4n) is 2.85. The minimum Gasteiger partial charge on any atom is -0.352 e. The molecule has 0 saturated heterocycles. The summed E-state index contributed by atoms with van der Waals surface area (Å²) in [4.78, 5) is 20.9. The Morgan fingerprint density at radius 3 is 3.10 bits per heavy atom. The average Bonchev–Trinajstić information content (AvgIpc) is 2.92. The number of pyridine rings is 1. The number of hydrogen-bond acceptors (Lipinski definition) is 3. The Morgan fingerprint density at radius 2 is 2.29 bits per heavy atom. The third-order valence-corrected chi connectivity index (χ3v) is 4.07. The molecule has 0 radical (unpaired) electrons. The summed E-state index contributed by atoms with van der Waals surface area (Å²) >= 11 is 0. The van der Waals surface area contributed by atoms with Crippen LogP contribution in [0.3, 0.4) is 0 Å². The van der Waals surface area contributed by atoms with E-state index in [9.17, 15) is 4.79 Å². The van der Waals surface area contributed by atoms with Gasteiger partial charge in [-0.05, 0) is 38.3 Å². The van der Waals surface area contributed by atoms with Gasteiger partial charge in [0.1, 0.15) is 5.82 Å². The van der Waals surface area contributed by atoms with E-state index in [0.29, 0.717) is 18.0 Å². The number of aryl methyl sites for hydroxylation is 3. The summed E-state index contributed by atoms with van der Waals surface area (Å²) in [5, 5.41) is 3.04. The second kappa shape index (κ2) is 5.68. The normalized spacial score (nSPS) is 17.3. The molecular weight excluding hydrogens is 264 g/mol. The largest absolute Gasteiger partial charge is 0.352 e. The molecular formula is C16H20N4O. The van der Waals surface area contributed by atoms with Gasteiger partial charge < -0.3 is 9.88 Å². The average molecular weight is 284 g/mol. The topological polar surface area (TPSA) is 59.8 Å². The maximum absolute atomic E-state index is 12.2. The highest BCUT2D eigenvalue weighted by molar-refractivity contribution is 5.95. The van der Waals surface area contributed by atoms with Gasteiger partial charge in [-0.1, -0.05) is 0 Å². The van der Waals surface area contributed by atoms with Crippen molar-refractivity contribution >= 4 is 5.91 Å². The summed E-state index contributed by atoms with van der Waals surface area (Å²) in [6, 6.07) is 3.72. The number of aromatic nitrogens is 3. The summed E-state index contributed by atoms with van der Waals surface area (Å²) in [5.74, 6) is 1.55. The van der Waals surface area contributed by atoms with Crippen molar-refractivity contribution in [2.75, 3.05) is 6.54 Å². The molecule has 2 aromatic rings. The van der Waals surface area contributed by atoms with Crippen LogP contribution in [-0.2, 0) is 13.0 Å². The summed E-state index contributed by atoms with van der Waals surface area (Å²) in [7, 11) is 0. The molecule has 0 unspecified atom stereocenters. The SMILES string of the molecule is Cc1ccc(C(=O)NC[C@@H]2CCn3ccnc3C2)c(C)n1. The van der Waals surface area contributed by atoms with E-state index in [0.717, 1.165) is 36.6 Å². The van der Waals surface area contributed by atoms with Gasteiger partial charge in [-0.2, -0.15) is 0 Å². The van der Waals surface area contributed by atoms with E-state index in [1.807, 2.05) is 38.4 Å². The van der Waals surface area contributed by atoms with E-state index in [1.54, 1.807) is 0 Å². The van der Waals surface area contributed by atoms with Crippen LogP contribution in [0.1, 0.15) is 34.0 Å². The standard InChI is InChI=1S/C16H20N4O/c1-11-3-4-14(12(2)19-11)16(21)18-10-13-5-7-20-8-6-17-15(20)9-13/h3-4,6,8,13H,5,7,9-10H2,1-2H3,(H,18,21)/t13-/m1/s1. The molecule has 0 saturated carbocycles. The third kappa shape index (κ3) is 2.96. The van der Waals surface area contributed by atoms with Crippen molar-refractivity contribution in [3.05, 3.63) is 47.3 Å². The van der Waals surface area contributed by atoms with Crippen molar-refractivity contribution in [3.63, 3.8) is 0 Å². The monoisotopic (exact) mass is 284 g/mol. The minimum atomic E-state index is -0.0334. The first kappa shape index (κ1) is 13.8. The number of fused-ring (bicyclic) bond motifs is 1. The molecule has 1 atom stereocenters. The molecule has 0 fully saturated rings. The van der Waals surface area contributed by atoms with E-state index in [-0.39, 0.29) is 5.91 Å². The number of rotatable bonds is 3. The fourth-order valence-corrected chi connectivity index (χ4v) is 2.85. The summed E-state index contributed by atoms with van der Waals surface area (Å²) in [6.07, 6.45) is 5.87. The number of carbonyl (C=O) groups excluding carboxylic acids is 1. The van der Waals surface area contributed by atoms with Gasteiger partial charge in [-0.25, -0.2) is 4.98 Å². The van der Waals surface area contributed by atoms with Crippen LogP contribution in [0, 0.1) is 19.8 Å². The minimum absolute atomic E-state index is 0.0334. The molecule has 1 amide bonds. The van der Waals surface area contributed by atoms with Gasteiger partial charge in [0.25, 0.3) is 5.91 Å². The van der Waals surface area contributed by atoms with Crippen LogP contribution in [0.15, 0.2) is 24.5 Å². The lowest BCUT2D eigenvalue weighted by atomic mass is 9.97. The van der Waals surface area contributed by atoms with E-state index in [1.165, 1.54) is 0 Å². The molecule has 5 nitrogen and oxygen atoms in total. The zero-order valence-electron chi connectivity index (χ0n) is 12.5. The van der Waals surface area contributed by atoms with Crippen molar-refractivity contribution < 1.29 is 4.79 Å². The predicted octanol–water partition coefficient (Wildman–Crippen LogP) is 1.89. The highest BCUT2D eigenvalue weighted by atomic mass is 16.1. The van der Waals surface area contributed by atoms with Crippen molar-refractivity contribution in [1.29, 1.82) is 0 Å². The van der Waals surface area contributed by atoms with Gasteiger partial charge in [0.2, 0.25) is 0 Å². The Kier molecular flexibility index (Phi) is 3.73. The van der Waals surface area contributed by atoms with Crippen molar-refractivity contribution in [1.82, 2.24) is 19.9 Å². The maximum atomic E-state index is 12.2. The lowest BCUT2D eigenvalue weighted by molar-refractivity contribution is 0.0943. The molecule has 3 rings (SSSR count).